The van der Waals surface area contributed by atoms with Crippen molar-refractivity contribution in [1.29, 1.82) is 0 Å². The van der Waals surface area contributed by atoms with Gasteiger partial charge in [-0.3, -0.25) is 0 Å². The summed E-state index contributed by atoms with van der Waals surface area (Å²) >= 11 is 0. The number of hydrogen-bond acceptors (Lipinski definition) is 3. The van der Waals surface area contributed by atoms with Crippen LogP contribution >= 0.6 is 0 Å². The highest BCUT2D eigenvalue weighted by atomic mass is 16.5. The molecule has 17 heavy (non-hydrogen) atoms. The first-order valence-corrected chi connectivity index (χ1v) is 6.31. The molecule has 0 aromatic heterocycles. The molecule has 1 aromatic rings. The van der Waals surface area contributed by atoms with Gasteiger partial charge in [0.15, 0.2) is 0 Å². The van der Waals surface area contributed by atoms with E-state index >= 15 is 0 Å². The van der Waals surface area contributed by atoms with Crippen LogP contribution in [0.1, 0.15) is 18.4 Å². The van der Waals surface area contributed by atoms with Crippen LogP contribution in [0.4, 0.5) is 5.69 Å². The number of ether oxygens (including phenoxy) is 2. The third-order valence-corrected chi connectivity index (χ3v) is 3.17. The fourth-order valence-corrected chi connectivity index (χ4v) is 2.15. The molecule has 3 nitrogen and oxygen atoms in total. The number of nitrogens with one attached hydrogen (secondary N) is 1. The van der Waals surface area contributed by atoms with Crippen molar-refractivity contribution in [2.45, 2.75) is 25.3 Å². The van der Waals surface area contributed by atoms with Crippen molar-refractivity contribution in [3.8, 4) is 0 Å². The predicted octanol–water partition coefficient (Wildman–Crippen LogP) is 2.47. The van der Waals surface area contributed by atoms with Gasteiger partial charge in [0.05, 0.1) is 6.61 Å². The first-order chi connectivity index (χ1) is 8.40. The van der Waals surface area contributed by atoms with Crippen molar-refractivity contribution in [1.82, 2.24) is 0 Å². The lowest BCUT2D eigenvalue weighted by Crippen LogP contribution is -2.28. The second kappa shape index (κ2) is 6.62. The second-order valence-electron chi connectivity index (χ2n) is 4.43. The molecule has 1 aliphatic rings. The van der Waals surface area contributed by atoms with Gasteiger partial charge in [0.1, 0.15) is 0 Å². The molecular formula is C14H21NO2. The van der Waals surface area contributed by atoms with Crippen molar-refractivity contribution >= 4 is 5.69 Å². The summed E-state index contributed by atoms with van der Waals surface area (Å²) in [4.78, 5) is 0. The highest BCUT2D eigenvalue weighted by Gasteiger charge is 2.14. The molecule has 3 heteroatoms. The zero-order chi connectivity index (χ0) is 11.9. The van der Waals surface area contributed by atoms with Gasteiger partial charge in [0.2, 0.25) is 0 Å². The average Bonchev–Trinajstić information content (AvgIpc) is 2.39. The first-order valence-electron chi connectivity index (χ1n) is 6.31. The molecule has 94 valence electrons. The van der Waals surface area contributed by atoms with E-state index < -0.39 is 0 Å². The molecule has 1 saturated heterocycles. The minimum Gasteiger partial charge on any atom is -0.384 e. The number of hydrogen-bond donors (Lipinski definition) is 1. The van der Waals surface area contributed by atoms with Crippen molar-refractivity contribution in [2.24, 2.45) is 0 Å². The molecular weight excluding hydrogens is 214 g/mol. The van der Waals surface area contributed by atoms with Crippen LogP contribution in [-0.4, -0.2) is 33.0 Å². The fraction of sp³-hybridized carbons (Fsp3) is 0.571. The van der Waals surface area contributed by atoms with Gasteiger partial charge < -0.3 is 14.8 Å². The minimum absolute atomic E-state index is 0.549. The molecule has 1 heterocycles. The summed E-state index contributed by atoms with van der Waals surface area (Å²) in [5.41, 5.74) is 2.58. The van der Waals surface area contributed by atoms with Crippen LogP contribution < -0.4 is 5.32 Å². The summed E-state index contributed by atoms with van der Waals surface area (Å²) in [6.45, 7) is 2.52. The maximum atomic E-state index is 5.37. The van der Waals surface area contributed by atoms with Crippen molar-refractivity contribution in [3.63, 3.8) is 0 Å². The molecule has 1 aromatic carbocycles. The van der Waals surface area contributed by atoms with Crippen LogP contribution in [0, 0.1) is 0 Å². The lowest BCUT2D eigenvalue weighted by Gasteiger charge is -2.25. The van der Waals surface area contributed by atoms with E-state index in [9.17, 15) is 0 Å². The second-order valence-corrected chi connectivity index (χ2v) is 4.43. The number of methoxy groups -OCH3 is 1. The van der Waals surface area contributed by atoms with E-state index in [-0.39, 0.29) is 0 Å². The Bertz CT molecular complexity index is 335. The highest BCUT2D eigenvalue weighted by molar-refractivity contribution is 5.51. The molecule has 0 amide bonds. The van der Waals surface area contributed by atoms with Crippen molar-refractivity contribution in [2.75, 3.05) is 32.2 Å². The zero-order valence-electron chi connectivity index (χ0n) is 10.4. The van der Waals surface area contributed by atoms with Crippen LogP contribution in [0.5, 0.6) is 0 Å². The quantitative estimate of drug-likeness (QED) is 0.850. The van der Waals surface area contributed by atoms with E-state index in [1.54, 1.807) is 7.11 Å². The molecule has 2 rings (SSSR count). The number of anilines is 1. The minimum atomic E-state index is 0.549. The van der Waals surface area contributed by atoms with Gasteiger partial charge in [0.25, 0.3) is 0 Å². The van der Waals surface area contributed by atoms with E-state index in [4.69, 9.17) is 9.47 Å². The third kappa shape index (κ3) is 3.72. The zero-order valence-corrected chi connectivity index (χ0v) is 10.4. The lowest BCUT2D eigenvalue weighted by atomic mass is 10.1. The Labute approximate surface area is 103 Å². The fourth-order valence-electron chi connectivity index (χ4n) is 2.15. The van der Waals surface area contributed by atoms with Crippen molar-refractivity contribution < 1.29 is 9.47 Å². The highest BCUT2D eigenvalue weighted by Crippen LogP contribution is 2.20. The Kier molecular flexibility index (Phi) is 4.83. The summed E-state index contributed by atoms with van der Waals surface area (Å²) in [6, 6.07) is 9.03. The van der Waals surface area contributed by atoms with Crippen LogP contribution in [0.25, 0.3) is 0 Å². The molecule has 0 saturated carbocycles. The number of benzene rings is 1. The topological polar surface area (TPSA) is 30.5 Å². The molecule has 0 unspecified atom stereocenters. The maximum Gasteiger partial charge on any atom is 0.0503 e. The molecule has 0 bridgehead atoms. The monoisotopic (exact) mass is 235 g/mol. The Balaban J connectivity index is 1.98. The molecule has 0 radical (unpaired) electrons. The Hall–Kier alpha value is -1.06. The molecule has 0 atom stereocenters. The van der Waals surface area contributed by atoms with Gasteiger partial charge in [-0.05, 0) is 30.9 Å². The van der Waals surface area contributed by atoms with Gasteiger partial charge in [-0.1, -0.05) is 18.2 Å². The predicted molar refractivity (Wildman–Crippen MR) is 69.5 cm³/mol. The van der Waals surface area contributed by atoms with E-state index in [1.165, 1.54) is 11.3 Å². The first kappa shape index (κ1) is 12.4. The van der Waals surface area contributed by atoms with Gasteiger partial charge in [-0.2, -0.15) is 0 Å². The standard InChI is InChI=1S/C14H21NO2/c1-16-9-6-12-4-2-3-5-14(12)15-13-7-10-17-11-8-13/h2-5,13,15H,6-11H2,1H3. The smallest absolute Gasteiger partial charge is 0.0503 e. The Morgan fingerprint density at radius 3 is 2.82 bits per heavy atom. The van der Waals surface area contributed by atoms with E-state index in [2.05, 4.69) is 29.6 Å². The number of rotatable bonds is 5. The van der Waals surface area contributed by atoms with Gasteiger partial charge in [0, 0.05) is 32.1 Å². The molecule has 1 aliphatic heterocycles. The summed E-state index contributed by atoms with van der Waals surface area (Å²) in [7, 11) is 1.74. The Morgan fingerprint density at radius 2 is 2.06 bits per heavy atom. The molecule has 0 aliphatic carbocycles. The van der Waals surface area contributed by atoms with Gasteiger partial charge in [-0.15, -0.1) is 0 Å². The maximum absolute atomic E-state index is 5.37. The van der Waals surface area contributed by atoms with E-state index in [0.29, 0.717) is 6.04 Å². The summed E-state index contributed by atoms with van der Waals surface area (Å²) in [5.74, 6) is 0. The molecule has 0 spiro atoms. The van der Waals surface area contributed by atoms with Crippen LogP contribution in [0.15, 0.2) is 24.3 Å². The van der Waals surface area contributed by atoms with Gasteiger partial charge in [-0.25, -0.2) is 0 Å². The van der Waals surface area contributed by atoms with Crippen molar-refractivity contribution in [3.05, 3.63) is 29.8 Å². The van der Waals surface area contributed by atoms with Gasteiger partial charge >= 0.3 is 0 Å². The van der Waals surface area contributed by atoms with Crippen LogP contribution in [-0.2, 0) is 15.9 Å². The summed E-state index contributed by atoms with van der Waals surface area (Å²) < 4.78 is 10.5. The largest absolute Gasteiger partial charge is 0.384 e. The lowest BCUT2D eigenvalue weighted by molar-refractivity contribution is 0.0904. The molecule has 1 fully saturated rings. The number of para-hydroxylation sites is 1. The van der Waals surface area contributed by atoms with E-state index in [0.717, 1.165) is 39.1 Å². The summed E-state index contributed by atoms with van der Waals surface area (Å²) in [6.07, 6.45) is 3.15. The molecule has 1 N–H and O–H groups in total. The van der Waals surface area contributed by atoms with Crippen LogP contribution in [0.2, 0.25) is 0 Å². The SMILES string of the molecule is COCCc1ccccc1NC1CCOCC1. The van der Waals surface area contributed by atoms with E-state index in [1.807, 2.05) is 0 Å². The average molecular weight is 235 g/mol. The normalized spacial score (nSPS) is 17.0. The Morgan fingerprint density at radius 1 is 1.29 bits per heavy atom. The third-order valence-electron chi connectivity index (χ3n) is 3.17. The van der Waals surface area contributed by atoms with Crippen LogP contribution in [0.3, 0.4) is 0 Å². The summed E-state index contributed by atoms with van der Waals surface area (Å²) in [5, 5.41) is 3.62.